The van der Waals surface area contributed by atoms with Crippen molar-refractivity contribution in [2.45, 2.75) is 65.5 Å². The molecule has 0 aromatic carbocycles. The van der Waals surface area contributed by atoms with Crippen molar-refractivity contribution in [3.63, 3.8) is 0 Å². The van der Waals surface area contributed by atoms with Gasteiger partial charge in [0.25, 0.3) is 0 Å². The van der Waals surface area contributed by atoms with Crippen LogP contribution in [-0.2, 0) is 14.3 Å². The standard InChI is InChI=1S/C14H28N2O3/c1-5-7-11(8-13(17)19-10(3)4)9-16-12(6-2)14(15)18/h10-12,16H,5-9H2,1-4H3,(H2,15,18). The number of carbonyl (C=O) groups is 2. The summed E-state index contributed by atoms with van der Waals surface area (Å²) in [6, 6.07) is -0.319. The van der Waals surface area contributed by atoms with Gasteiger partial charge in [0, 0.05) is 6.42 Å². The Labute approximate surface area is 116 Å². The van der Waals surface area contributed by atoms with E-state index in [4.69, 9.17) is 10.5 Å². The first-order chi connectivity index (χ1) is 8.90. The van der Waals surface area contributed by atoms with E-state index < -0.39 is 0 Å². The largest absolute Gasteiger partial charge is 0.463 e. The Morgan fingerprint density at radius 3 is 2.32 bits per heavy atom. The Hall–Kier alpha value is -1.10. The van der Waals surface area contributed by atoms with Crippen LogP contribution in [0, 0.1) is 5.92 Å². The zero-order chi connectivity index (χ0) is 14.8. The van der Waals surface area contributed by atoms with E-state index in [-0.39, 0.29) is 29.9 Å². The highest BCUT2D eigenvalue weighted by Crippen LogP contribution is 2.12. The molecule has 0 aromatic heterocycles. The number of carbonyl (C=O) groups excluding carboxylic acids is 2. The minimum absolute atomic E-state index is 0.0863. The van der Waals surface area contributed by atoms with Crippen LogP contribution in [0.25, 0.3) is 0 Å². The number of nitrogens with one attached hydrogen (secondary N) is 1. The van der Waals surface area contributed by atoms with Gasteiger partial charge < -0.3 is 15.8 Å². The first kappa shape index (κ1) is 17.9. The van der Waals surface area contributed by atoms with Crippen LogP contribution in [0.15, 0.2) is 0 Å². The molecule has 19 heavy (non-hydrogen) atoms. The lowest BCUT2D eigenvalue weighted by atomic mass is 9.99. The average molecular weight is 272 g/mol. The highest BCUT2D eigenvalue weighted by atomic mass is 16.5. The van der Waals surface area contributed by atoms with E-state index in [9.17, 15) is 9.59 Å². The molecular formula is C14H28N2O3. The highest BCUT2D eigenvalue weighted by molar-refractivity contribution is 5.79. The van der Waals surface area contributed by atoms with E-state index in [2.05, 4.69) is 12.2 Å². The molecule has 0 aliphatic rings. The molecule has 0 spiro atoms. The quantitative estimate of drug-likeness (QED) is 0.592. The summed E-state index contributed by atoms with van der Waals surface area (Å²) in [4.78, 5) is 22.8. The molecule has 3 N–H and O–H groups in total. The second kappa shape index (κ2) is 9.78. The molecule has 2 unspecified atom stereocenters. The van der Waals surface area contributed by atoms with Crippen LogP contribution in [-0.4, -0.2) is 30.6 Å². The SMILES string of the molecule is CCCC(CNC(CC)C(N)=O)CC(=O)OC(C)C. The molecule has 0 saturated heterocycles. The van der Waals surface area contributed by atoms with Gasteiger partial charge in [0.2, 0.25) is 5.91 Å². The molecule has 0 fully saturated rings. The molecule has 0 aliphatic heterocycles. The molecule has 0 saturated carbocycles. The number of rotatable bonds is 10. The third-order valence-electron chi connectivity index (χ3n) is 2.92. The van der Waals surface area contributed by atoms with Gasteiger partial charge in [-0.3, -0.25) is 9.59 Å². The van der Waals surface area contributed by atoms with E-state index >= 15 is 0 Å². The Morgan fingerprint density at radius 1 is 1.26 bits per heavy atom. The maximum atomic E-state index is 11.6. The topological polar surface area (TPSA) is 81.4 Å². The van der Waals surface area contributed by atoms with Crippen LogP contribution in [0.4, 0.5) is 0 Å². The van der Waals surface area contributed by atoms with Crippen LogP contribution >= 0.6 is 0 Å². The van der Waals surface area contributed by atoms with E-state index in [1.54, 1.807) is 0 Å². The third kappa shape index (κ3) is 8.59. The van der Waals surface area contributed by atoms with Gasteiger partial charge in [-0.15, -0.1) is 0 Å². The molecule has 112 valence electrons. The first-order valence-electron chi connectivity index (χ1n) is 7.12. The number of ether oxygens (including phenoxy) is 1. The van der Waals surface area contributed by atoms with Gasteiger partial charge in [-0.25, -0.2) is 0 Å². The Bertz CT molecular complexity index is 280. The van der Waals surface area contributed by atoms with Crippen molar-refractivity contribution < 1.29 is 14.3 Å². The molecule has 0 aliphatic carbocycles. The lowest BCUT2D eigenvalue weighted by Crippen LogP contribution is -2.43. The molecule has 2 atom stereocenters. The summed E-state index contributed by atoms with van der Waals surface area (Å²) in [7, 11) is 0. The van der Waals surface area contributed by atoms with Crippen molar-refractivity contribution in [2.75, 3.05) is 6.54 Å². The summed E-state index contributed by atoms with van der Waals surface area (Å²) < 4.78 is 5.15. The van der Waals surface area contributed by atoms with Gasteiger partial charge in [0.15, 0.2) is 0 Å². The fourth-order valence-electron chi connectivity index (χ4n) is 1.99. The van der Waals surface area contributed by atoms with Gasteiger partial charge in [-0.2, -0.15) is 0 Å². The number of primary amides is 1. The summed E-state index contributed by atoms with van der Waals surface area (Å²) in [5.41, 5.74) is 5.28. The monoisotopic (exact) mass is 272 g/mol. The average Bonchev–Trinajstić information content (AvgIpc) is 2.28. The smallest absolute Gasteiger partial charge is 0.306 e. The Balaban J connectivity index is 4.24. The predicted octanol–water partition coefficient (Wildman–Crippen LogP) is 1.60. The van der Waals surface area contributed by atoms with Crippen LogP contribution in [0.1, 0.15) is 53.4 Å². The number of esters is 1. The second-order valence-electron chi connectivity index (χ2n) is 5.17. The van der Waals surface area contributed by atoms with Crippen LogP contribution in [0.5, 0.6) is 0 Å². The van der Waals surface area contributed by atoms with Gasteiger partial charge in [-0.05, 0) is 39.2 Å². The molecule has 5 heteroatoms. The highest BCUT2D eigenvalue weighted by Gasteiger charge is 2.18. The Kier molecular flexibility index (Phi) is 9.21. The zero-order valence-corrected chi connectivity index (χ0v) is 12.6. The summed E-state index contributed by atoms with van der Waals surface area (Å²) in [5.74, 6) is -0.338. The minimum atomic E-state index is -0.345. The van der Waals surface area contributed by atoms with E-state index in [1.807, 2.05) is 20.8 Å². The summed E-state index contributed by atoms with van der Waals surface area (Å²) in [6.07, 6.45) is 2.87. The van der Waals surface area contributed by atoms with Crippen molar-refractivity contribution >= 4 is 11.9 Å². The number of hydrogen-bond acceptors (Lipinski definition) is 4. The summed E-state index contributed by atoms with van der Waals surface area (Å²) >= 11 is 0. The molecule has 0 radical (unpaired) electrons. The number of hydrogen-bond donors (Lipinski definition) is 2. The lowest BCUT2D eigenvalue weighted by Gasteiger charge is -2.20. The zero-order valence-electron chi connectivity index (χ0n) is 12.6. The summed E-state index contributed by atoms with van der Waals surface area (Å²) in [6.45, 7) is 8.27. The molecule has 0 rings (SSSR count). The molecule has 1 amide bonds. The normalized spacial score (nSPS) is 14.2. The molecule has 0 heterocycles. The van der Waals surface area contributed by atoms with Gasteiger partial charge in [0.1, 0.15) is 0 Å². The van der Waals surface area contributed by atoms with E-state index in [0.29, 0.717) is 19.4 Å². The van der Waals surface area contributed by atoms with Crippen LogP contribution < -0.4 is 11.1 Å². The van der Waals surface area contributed by atoms with Crippen LogP contribution in [0.3, 0.4) is 0 Å². The van der Waals surface area contributed by atoms with Crippen molar-refractivity contribution in [3.8, 4) is 0 Å². The first-order valence-corrected chi connectivity index (χ1v) is 7.12. The molecular weight excluding hydrogens is 244 g/mol. The Morgan fingerprint density at radius 2 is 1.89 bits per heavy atom. The molecule has 0 bridgehead atoms. The fourth-order valence-corrected chi connectivity index (χ4v) is 1.99. The predicted molar refractivity (Wildman–Crippen MR) is 75.5 cm³/mol. The number of amides is 1. The molecule has 0 aromatic rings. The van der Waals surface area contributed by atoms with Crippen molar-refractivity contribution in [1.29, 1.82) is 0 Å². The van der Waals surface area contributed by atoms with Crippen molar-refractivity contribution in [3.05, 3.63) is 0 Å². The fraction of sp³-hybridized carbons (Fsp3) is 0.857. The summed E-state index contributed by atoms with van der Waals surface area (Å²) in [5, 5.41) is 3.13. The third-order valence-corrected chi connectivity index (χ3v) is 2.92. The van der Waals surface area contributed by atoms with E-state index in [1.165, 1.54) is 0 Å². The van der Waals surface area contributed by atoms with Gasteiger partial charge >= 0.3 is 5.97 Å². The van der Waals surface area contributed by atoms with Gasteiger partial charge in [-0.1, -0.05) is 20.3 Å². The van der Waals surface area contributed by atoms with Gasteiger partial charge in [0.05, 0.1) is 12.1 Å². The van der Waals surface area contributed by atoms with E-state index in [0.717, 1.165) is 12.8 Å². The minimum Gasteiger partial charge on any atom is -0.463 e. The lowest BCUT2D eigenvalue weighted by molar-refractivity contribution is -0.148. The number of nitrogens with two attached hydrogens (primary N) is 1. The second-order valence-corrected chi connectivity index (χ2v) is 5.17. The maximum absolute atomic E-state index is 11.6. The van der Waals surface area contributed by atoms with Crippen LogP contribution in [0.2, 0.25) is 0 Å². The molecule has 5 nitrogen and oxygen atoms in total. The van der Waals surface area contributed by atoms with Crippen molar-refractivity contribution in [1.82, 2.24) is 5.32 Å². The maximum Gasteiger partial charge on any atom is 0.306 e. The van der Waals surface area contributed by atoms with Crippen molar-refractivity contribution in [2.24, 2.45) is 11.7 Å².